The maximum Gasteiger partial charge on any atom is 0.0393 e. The van der Waals surface area contributed by atoms with Crippen molar-refractivity contribution in [3.8, 4) is 22.3 Å². The van der Waals surface area contributed by atoms with Gasteiger partial charge in [0.15, 0.2) is 0 Å². The molecule has 3 rings (SSSR count). The van der Waals surface area contributed by atoms with Gasteiger partial charge < -0.3 is 5.73 Å². The van der Waals surface area contributed by atoms with E-state index in [1.807, 2.05) is 18.2 Å². The second-order valence-corrected chi connectivity index (χ2v) is 5.03. The molecule has 0 heterocycles. The normalized spacial score (nSPS) is 10.4. The van der Waals surface area contributed by atoms with Crippen molar-refractivity contribution in [2.75, 3.05) is 5.73 Å². The molecule has 20 heavy (non-hydrogen) atoms. The van der Waals surface area contributed by atoms with Crippen LogP contribution in [0.1, 0.15) is 5.56 Å². The summed E-state index contributed by atoms with van der Waals surface area (Å²) in [5.41, 5.74) is 12.8. The lowest BCUT2D eigenvalue weighted by molar-refractivity contribution is 1.47. The molecule has 0 aliphatic heterocycles. The minimum Gasteiger partial charge on any atom is -0.398 e. The van der Waals surface area contributed by atoms with Gasteiger partial charge in [-0.05, 0) is 35.7 Å². The van der Waals surface area contributed by atoms with Crippen LogP contribution in [0, 0.1) is 6.92 Å². The van der Waals surface area contributed by atoms with Crippen molar-refractivity contribution >= 4 is 5.69 Å². The molecule has 0 atom stereocenters. The molecule has 3 aromatic rings. The maximum atomic E-state index is 6.06. The fourth-order valence-corrected chi connectivity index (χ4v) is 2.37. The highest BCUT2D eigenvalue weighted by atomic mass is 14.6. The molecule has 0 aromatic heterocycles. The Labute approximate surface area is 119 Å². The minimum absolute atomic E-state index is 0.813. The monoisotopic (exact) mass is 259 g/mol. The molecule has 0 aliphatic rings. The summed E-state index contributed by atoms with van der Waals surface area (Å²) < 4.78 is 0. The van der Waals surface area contributed by atoms with E-state index in [1.54, 1.807) is 0 Å². The molecule has 0 spiro atoms. The molecule has 0 amide bonds. The van der Waals surface area contributed by atoms with Crippen molar-refractivity contribution in [3.63, 3.8) is 0 Å². The van der Waals surface area contributed by atoms with E-state index in [0.29, 0.717) is 0 Å². The van der Waals surface area contributed by atoms with Gasteiger partial charge in [0, 0.05) is 11.3 Å². The summed E-state index contributed by atoms with van der Waals surface area (Å²) in [6, 6.07) is 25.1. The Balaban J connectivity index is 2.06. The number of rotatable bonds is 2. The first-order chi connectivity index (χ1) is 9.74. The van der Waals surface area contributed by atoms with Crippen molar-refractivity contribution < 1.29 is 0 Å². The molecular weight excluding hydrogens is 242 g/mol. The maximum absolute atomic E-state index is 6.06. The van der Waals surface area contributed by atoms with Gasteiger partial charge in [0.2, 0.25) is 0 Å². The number of hydrogen-bond donors (Lipinski definition) is 1. The molecule has 0 saturated carbocycles. The summed E-state index contributed by atoms with van der Waals surface area (Å²) >= 11 is 0. The van der Waals surface area contributed by atoms with Crippen LogP contribution in [0.15, 0.2) is 72.8 Å². The zero-order valence-electron chi connectivity index (χ0n) is 11.5. The average Bonchev–Trinajstić information content (AvgIpc) is 2.49. The highest BCUT2D eigenvalue weighted by Crippen LogP contribution is 2.29. The van der Waals surface area contributed by atoms with Crippen LogP contribution in [0.2, 0.25) is 0 Å². The molecule has 1 heteroatoms. The number of nitrogen functional groups attached to an aromatic ring is 1. The second kappa shape index (κ2) is 5.22. The first kappa shape index (κ1) is 12.5. The molecular formula is C19H17N. The second-order valence-electron chi connectivity index (χ2n) is 5.03. The highest BCUT2D eigenvalue weighted by molar-refractivity contribution is 5.79. The van der Waals surface area contributed by atoms with E-state index in [9.17, 15) is 0 Å². The number of nitrogens with two attached hydrogens (primary N) is 1. The van der Waals surface area contributed by atoms with Crippen molar-refractivity contribution in [3.05, 3.63) is 78.4 Å². The van der Waals surface area contributed by atoms with Crippen LogP contribution in [-0.2, 0) is 0 Å². The lowest BCUT2D eigenvalue weighted by atomic mass is 9.98. The lowest BCUT2D eigenvalue weighted by Gasteiger charge is -2.08. The van der Waals surface area contributed by atoms with Crippen molar-refractivity contribution in [1.29, 1.82) is 0 Å². The molecule has 3 aromatic carbocycles. The highest BCUT2D eigenvalue weighted by Gasteiger charge is 2.04. The first-order valence-corrected chi connectivity index (χ1v) is 6.76. The summed E-state index contributed by atoms with van der Waals surface area (Å²) in [4.78, 5) is 0. The van der Waals surface area contributed by atoms with E-state index in [-0.39, 0.29) is 0 Å². The van der Waals surface area contributed by atoms with Gasteiger partial charge in [-0.25, -0.2) is 0 Å². The van der Waals surface area contributed by atoms with Crippen LogP contribution >= 0.6 is 0 Å². The van der Waals surface area contributed by atoms with E-state index in [1.165, 1.54) is 16.7 Å². The molecule has 0 unspecified atom stereocenters. The van der Waals surface area contributed by atoms with Gasteiger partial charge in [-0.1, -0.05) is 66.2 Å². The van der Waals surface area contributed by atoms with Gasteiger partial charge in [-0.3, -0.25) is 0 Å². The van der Waals surface area contributed by atoms with Crippen molar-refractivity contribution in [1.82, 2.24) is 0 Å². The molecule has 0 bridgehead atoms. The Morgan fingerprint density at radius 3 is 2.10 bits per heavy atom. The summed E-state index contributed by atoms with van der Waals surface area (Å²) in [5.74, 6) is 0. The van der Waals surface area contributed by atoms with E-state index >= 15 is 0 Å². The number of benzene rings is 3. The third kappa shape index (κ3) is 2.43. The average molecular weight is 259 g/mol. The van der Waals surface area contributed by atoms with Crippen LogP contribution in [0.3, 0.4) is 0 Å². The molecule has 1 nitrogen and oxygen atoms in total. The van der Waals surface area contributed by atoms with Crippen molar-refractivity contribution in [2.24, 2.45) is 0 Å². The number of anilines is 1. The number of hydrogen-bond acceptors (Lipinski definition) is 1. The standard InChI is InChI=1S/C19H17N/c1-14-9-11-15(12-10-14)16-5-4-6-17(13-16)18-7-2-3-8-19(18)20/h2-13H,20H2,1H3. The molecule has 2 N–H and O–H groups in total. The summed E-state index contributed by atoms with van der Waals surface area (Å²) in [6.45, 7) is 2.10. The SMILES string of the molecule is Cc1ccc(-c2cccc(-c3ccccc3N)c2)cc1. The minimum atomic E-state index is 0.813. The van der Waals surface area contributed by atoms with Gasteiger partial charge >= 0.3 is 0 Å². The van der Waals surface area contributed by atoms with Gasteiger partial charge in [-0.2, -0.15) is 0 Å². The topological polar surface area (TPSA) is 26.0 Å². The summed E-state index contributed by atoms with van der Waals surface area (Å²) in [7, 11) is 0. The molecule has 0 fully saturated rings. The molecule has 98 valence electrons. The molecule has 0 radical (unpaired) electrons. The van der Waals surface area contributed by atoms with Crippen LogP contribution in [-0.4, -0.2) is 0 Å². The third-order valence-electron chi connectivity index (χ3n) is 3.52. The van der Waals surface area contributed by atoms with Crippen LogP contribution in [0.5, 0.6) is 0 Å². The Bertz CT molecular complexity index is 727. The fourth-order valence-electron chi connectivity index (χ4n) is 2.37. The zero-order chi connectivity index (χ0) is 13.9. The Kier molecular flexibility index (Phi) is 3.26. The number of aryl methyl sites for hydroxylation is 1. The Morgan fingerprint density at radius 2 is 1.35 bits per heavy atom. The lowest BCUT2D eigenvalue weighted by Crippen LogP contribution is -1.89. The van der Waals surface area contributed by atoms with Gasteiger partial charge in [0.1, 0.15) is 0 Å². The van der Waals surface area contributed by atoms with Crippen LogP contribution in [0.4, 0.5) is 5.69 Å². The predicted octanol–water partition coefficient (Wildman–Crippen LogP) is 4.91. The quantitative estimate of drug-likeness (QED) is 0.650. The van der Waals surface area contributed by atoms with E-state index in [4.69, 9.17) is 5.73 Å². The van der Waals surface area contributed by atoms with E-state index in [0.717, 1.165) is 16.8 Å². The first-order valence-electron chi connectivity index (χ1n) is 6.76. The number of para-hydroxylation sites is 1. The third-order valence-corrected chi connectivity index (χ3v) is 3.52. The van der Waals surface area contributed by atoms with E-state index < -0.39 is 0 Å². The zero-order valence-corrected chi connectivity index (χ0v) is 11.5. The van der Waals surface area contributed by atoms with Crippen LogP contribution in [0.25, 0.3) is 22.3 Å². The predicted molar refractivity (Wildman–Crippen MR) is 86.5 cm³/mol. The van der Waals surface area contributed by atoms with Gasteiger partial charge in [-0.15, -0.1) is 0 Å². The van der Waals surface area contributed by atoms with Gasteiger partial charge in [0.05, 0.1) is 0 Å². The summed E-state index contributed by atoms with van der Waals surface area (Å²) in [5, 5.41) is 0. The fraction of sp³-hybridized carbons (Fsp3) is 0.0526. The van der Waals surface area contributed by atoms with Crippen LogP contribution < -0.4 is 5.73 Å². The molecule has 0 saturated heterocycles. The summed E-state index contributed by atoms with van der Waals surface area (Å²) in [6.07, 6.45) is 0. The largest absolute Gasteiger partial charge is 0.398 e. The Hall–Kier alpha value is -2.54. The Morgan fingerprint density at radius 1 is 0.650 bits per heavy atom. The van der Waals surface area contributed by atoms with Crippen molar-refractivity contribution in [2.45, 2.75) is 6.92 Å². The van der Waals surface area contributed by atoms with Gasteiger partial charge in [0.25, 0.3) is 0 Å². The molecule has 0 aliphatic carbocycles. The smallest absolute Gasteiger partial charge is 0.0393 e. The van der Waals surface area contributed by atoms with E-state index in [2.05, 4.69) is 61.5 Å².